The van der Waals surface area contributed by atoms with E-state index in [0.29, 0.717) is 32.8 Å². The van der Waals surface area contributed by atoms with E-state index in [4.69, 9.17) is 9.68 Å². The van der Waals surface area contributed by atoms with Crippen LogP contribution in [0.25, 0.3) is 21.9 Å². The molecule has 3 aromatic rings. The van der Waals surface area contributed by atoms with Crippen molar-refractivity contribution in [2.45, 2.75) is 5.33 Å². The second kappa shape index (κ2) is 4.52. The summed E-state index contributed by atoms with van der Waals surface area (Å²) < 4.78 is 5.75. The summed E-state index contributed by atoms with van der Waals surface area (Å²) in [5, 5.41) is 10.7. The van der Waals surface area contributed by atoms with Crippen LogP contribution in [-0.4, -0.2) is 0 Å². The molecule has 0 aliphatic rings. The molecule has 0 unspecified atom stereocenters. The van der Waals surface area contributed by atoms with Crippen molar-refractivity contribution in [3.8, 4) is 6.07 Å². The number of nitrogens with zero attached hydrogens (tertiary/aromatic N) is 1. The Bertz CT molecular complexity index is 890. The molecule has 0 aliphatic carbocycles. The third-order valence-electron chi connectivity index (χ3n) is 3.08. The van der Waals surface area contributed by atoms with E-state index >= 15 is 0 Å². The fraction of sp³-hybridized carbons (Fsp3) is 0.0667. The van der Waals surface area contributed by atoms with Crippen LogP contribution in [0.4, 0.5) is 0 Å². The summed E-state index contributed by atoms with van der Waals surface area (Å²) >= 11 is 3.36. The highest BCUT2D eigenvalue weighted by atomic mass is 79.9. The van der Waals surface area contributed by atoms with Crippen LogP contribution in [-0.2, 0) is 5.33 Å². The van der Waals surface area contributed by atoms with Gasteiger partial charge in [-0.25, -0.2) is 0 Å². The number of nitriles is 1. The largest absolute Gasteiger partial charge is 0.454 e. The molecule has 0 bridgehead atoms. The van der Waals surface area contributed by atoms with Crippen LogP contribution in [0.2, 0.25) is 0 Å². The zero-order valence-corrected chi connectivity index (χ0v) is 11.4. The minimum absolute atomic E-state index is 0.0941. The number of halogens is 1. The van der Waals surface area contributed by atoms with Crippen molar-refractivity contribution >= 4 is 37.9 Å². The molecule has 0 aliphatic heterocycles. The molecule has 4 heteroatoms. The quantitative estimate of drug-likeness (QED) is 0.508. The van der Waals surface area contributed by atoms with E-state index in [9.17, 15) is 4.79 Å². The van der Waals surface area contributed by atoms with Crippen molar-refractivity contribution in [1.82, 2.24) is 0 Å². The third kappa shape index (κ3) is 1.74. The molecule has 0 amide bonds. The SMILES string of the molecule is N#Cc1ccc(CBr)c2c(=O)c3ccccc3oc12. The average Bonchev–Trinajstić information content (AvgIpc) is 2.46. The summed E-state index contributed by atoms with van der Waals surface area (Å²) in [6.45, 7) is 0. The molecule has 1 heterocycles. The minimum Gasteiger partial charge on any atom is -0.454 e. The minimum atomic E-state index is -0.0941. The van der Waals surface area contributed by atoms with Crippen molar-refractivity contribution in [2.24, 2.45) is 0 Å². The Labute approximate surface area is 117 Å². The monoisotopic (exact) mass is 313 g/mol. The van der Waals surface area contributed by atoms with E-state index in [0.717, 1.165) is 5.56 Å². The molecule has 3 nitrogen and oxygen atoms in total. The summed E-state index contributed by atoms with van der Waals surface area (Å²) in [6.07, 6.45) is 0. The number of hydrogen-bond donors (Lipinski definition) is 0. The van der Waals surface area contributed by atoms with E-state index < -0.39 is 0 Å². The lowest BCUT2D eigenvalue weighted by atomic mass is 10.0. The molecule has 0 N–H and O–H groups in total. The summed E-state index contributed by atoms with van der Waals surface area (Å²) in [5.74, 6) is 0. The van der Waals surface area contributed by atoms with Gasteiger partial charge in [0.25, 0.3) is 0 Å². The molecular formula is C15H8BrNO2. The lowest BCUT2D eigenvalue weighted by Crippen LogP contribution is -2.05. The second-order valence-corrected chi connectivity index (χ2v) is 4.71. The van der Waals surface area contributed by atoms with Gasteiger partial charge in [0.15, 0.2) is 5.58 Å². The summed E-state index contributed by atoms with van der Waals surface area (Å²) in [5.41, 5.74) is 1.98. The Morgan fingerprint density at radius 1 is 1.21 bits per heavy atom. The molecule has 0 radical (unpaired) electrons. The van der Waals surface area contributed by atoms with Crippen LogP contribution in [0, 0.1) is 11.3 Å². The number of para-hydroxylation sites is 1. The van der Waals surface area contributed by atoms with Crippen LogP contribution < -0.4 is 5.43 Å². The van der Waals surface area contributed by atoms with Crippen molar-refractivity contribution in [2.75, 3.05) is 0 Å². The maximum atomic E-state index is 12.5. The molecule has 2 aromatic carbocycles. The van der Waals surface area contributed by atoms with Crippen molar-refractivity contribution in [1.29, 1.82) is 5.26 Å². The van der Waals surface area contributed by atoms with Gasteiger partial charge in [-0.15, -0.1) is 0 Å². The third-order valence-corrected chi connectivity index (χ3v) is 3.68. The summed E-state index contributed by atoms with van der Waals surface area (Å²) in [6, 6.07) is 12.6. The van der Waals surface area contributed by atoms with E-state index in [1.165, 1.54) is 0 Å². The highest BCUT2D eigenvalue weighted by molar-refractivity contribution is 9.08. The number of fused-ring (bicyclic) bond motifs is 2. The predicted molar refractivity (Wildman–Crippen MR) is 77.3 cm³/mol. The zero-order chi connectivity index (χ0) is 13.4. The van der Waals surface area contributed by atoms with Crippen LogP contribution in [0.3, 0.4) is 0 Å². The lowest BCUT2D eigenvalue weighted by Gasteiger charge is -2.06. The maximum absolute atomic E-state index is 12.5. The first-order valence-corrected chi connectivity index (χ1v) is 6.82. The Kier molecular flexibility index (Phi) is 2.84. The Morgan fingerprint density at radius 3 is 2.74 bits per heavy atom. The number of benzene rings is 2. The van der Waals surface area contributed by atoms with Gasteiger partial charge in [0.05, 0.1) is 16.3 Å². The number of alkyl halides is 1. The van der Waals surface area contributed by atoms with Gasteiger partial charge in [0, 0.05) is 5.33 Å². The second-order valence-electron chi connectivity index (χ2n) is 4.15. The predicted octanol–water partition coefficient (Wildman–Crippen LogP) is 3.71. The van der Waals surface area contributed by atoms with Gasteiger partial charge >= 0.3 is 0 Å². The highest BCUT2D eigenvalue weighted by Crippen LogP contribution is 2.25. The molecule has 1 aromatic heterocycles. The summed E-state index contributed by atoms with van der Waals surface area (Å²) in [7, 11) is 0. The van der Waals surface area contributed by atoms with Gasteiger partial charge in [-0.1, -0.05) is 34.1 Å². The molecule has 0 fully saturated rings. The molecule has 0 spiro atoms. The Balaban J connectivity index is 2.65. The Morgan fingerprint density at radius 2 is 2.00 bits per heavy atom. The van der Waals surface area contributed by atoms with Crippen LogP contribution in [0.15, 0.2) is 45.6 Å². The van der Waals surface area contributed by atoms with Crippen molar-refractivity contribution < 1.29 is 4.42 Å². The van der Waals surface area contributed by atoms with Crippen LogP contribution in [0.5, 0.6) is 0 Å². The van der Waals surface area contributed by atoms with Gasteiger partial charge in [-0.05, 0) is 23.8 Å². The standard InChI is InChI=1S/C15H8BrNO2/c16-7-9-5-6-10(8-17)15-13(9)14(18)11-3-1-2-4-12(11)19-15/h1-6H,7H2. The van der Waals surface area contributed by atoms with E-state index in [2.05, 4.69) is 22.0 Å². The van der Waals surface area contributed by atoms with Gasteiger partial charge in [0.1, 0.15) is 11.7 Å². The van der Waals surface area contributed by atoms with Crippen LogP contribution >= 0.6 is 15.9 Å². The smallest absolute Gasteiger partial charge is 0.200 e. The highest BCUT2D eigenvalue weighted by Gasteiger charge is 2.14. The first kappa shape index (κ1) is 11.9. The molecule has 0 saturated carbocycles. The zero-order valence-electron chi connectivity index (χ0n) is 9.81. The van der Waals surface area contributed by atoms with E-state index in [1.54, 1.807) is 36.4 Å². The molecule has 0 atom stereocenters. The molecule has 19 heavy (non-hydrogen) atoms. The number of rotatable bonds is 1. The fourth-order valence-electron chi connectivity index (χ4n) is 2.17. The molecular weight excluding hydrogens is 306 g/mol. The van der Waals surface area contributed by atoms with Gasteiger partial charge in [-0.2, -0.15) is 5.26 Å². The first-order chi connectivity index (χ1) is 9.26. The molecule has 3 rings (SSSR count). The molecule has 0 saturated heterocycles. The Hall–Kier alpha value is -2.12. The maximum Gasteiger partial charge on any atom is 0.200 e. The van der Waals surface area contributed by atoms with Gasteiger partial charge in [0.2, 0.25) is 5.43 Å². The fourth-order valence-corrected chi connectivity index (χ4v) is 2.63. The van der Waals surface area contributed by atoms with E-state index in [1.807, 2.05) is 0 Å². The first-order valence-electron chi connectivity index (χ1n) is 5.69. The number of hydrogen-bond acceptors (Lipinski definition) is 3. The lowest BCUT2D eigenvalue weighted by molar-refractivity contribution is 0.658. The topological polar surface area (TPSA) is 54.0 Å². The van der Waals surface area contributed by atoms with Crippen molar-refractivity contribution in [3.63, 3.8) is 0 Å². The summed E-state index contributed by atoms with van der Waals surface area (Å²) in [4.78, 5) is 12.5. The van der Waals surface area contributed by atoms with Gasteiger partial charge < -0.3 is 4.42 Å². The van der Waals surface area contributed by atoms with E-state index in [-0.39, 0.29) is 5.43 Å². The molecule has 92 valence electrons. The van der Waals surface area contributed by atoms with Gasteiger partial charge in [-0.3, -0.25) is 4.79 Å². The normalized spacial score (nSPS) is 10.7. The van der Waals surface area contributed by atoms with Crippen molar-refractivity contribution in [3.05, 3.63) is 57.7 Å². The van der Waals surface area contributed by atoms with Crippen LogP contribution in [0.1, 0.15) is 11.1 Å². The average molecular weight is 314 g/mol.